The van der Waals surface area contributed by atoms with E-state index in [0.29, 0.717) is 6.07 Å². The molecule has 1 atom stereocenters. The molecule has 0 heterocycles. The number of benzene rings is 1. The lowest BCUT2D eigenvalue weighted by Crippen LogP contribution is -2.24. The summed E-state index contributed by atoms with van der Waals surface area (Å²) >= 11 is 0. The Morgan fingerprint density at radius 1 is 1.56 bits per heavy atom. The normalized spacial score (nSPS) is 12.5. The van der Waals surface area contributed by atoms with Gasteiger partial charge in [0.1, 0.15) is 5.82 Å². The van der Waals surface area contributed by atoms with Crippen molar-refractivity contribution in [3.8, 4) is 6.07 Å². The minimum Gasteiger partial charge on any atom is -0.478 e. The molecule has 0 amide bonds. The number of aromatic carboxylic acids is 1. The van der Waals surface area contributed by atoms with Gasteiger partial charge in [0.15, 0.2) is 5.25 Å². The summed E-state index contributed by atoms with van der Waals surface area (Å²) < 4.78 is 38.3. The fraction of sp³-hybridized carbons (Fsp3) is 0.200. The fourth-order valence-corrected chi connectivity index (χ4v) is 1.83. The first kappa shape index (κ1) is 13.9. The van der Waals surface area contributed by atoms with E-state index in [4.69, 9.17) is 10.4 Å². The third-order valence-electron chi connectivity index (χ3n) is 2.12. The first-order chi connectivity index (χ1) is 8.27. The minimum atomic E-state index is -4.02. The van der Waals surface area contributed by atoms with E-state index in [1.165, 1.54) is 6.07 Å². The van der Waals surface area contributed by atoms with Crippen LogP contribution in [-0.2, 0) is 10.0 Å². The Morgan fingerprint density at radius 3 is 2.61 bits per heavy atom. The molecule has 1 aromatic rings. The van der Waals surface area contributed by atoms with Crippen LogP contribution in [0.1, 0.15) is 17.3 Å². The highest BCUT2D eigenvalue weighted by atomic mass is 32.2. The van der Waals surface area contributed by atoms with Gasteiger partial charge in [0, 0.05) is 0 Å². The topological polar surface area (TPSA) is 107 Å². The number of nitrogens with zero attached hydrogens (tertiary/aromatic N) is 1. The van der Waals surface area contributed by atoms with Crippen LogP contribution in [-0.4, -0.2) is 24.7 Å². The molecule has 0 bridgehead atoms. The van der Waals surface area contributed by atoms with Crippen LogP contribution in [0.25, 0.3) is 0 Å². The zero-order valence-corrected chi connectivity index (χ0v) is 10.0. The van der Waals surface area contributed by atoms with E-state index in [2.05, 4.69) is 0 Å². The van der Waals surface area contributed by atoms with Crippen molar-refractivity contribution in [2.45, 2.75) is 12.2 Å². The Morgan fingerprint density at radius 2 is 2.17 bits per heavy atom. The van der Waals surface area contributed by atoms with Crippen LogP contribution in [0.15, 0.2) is 18.2 Å². The zero-order chi connectivity index (χ0) is 13.9. The number of sulfonamides is 1. The van der Waals surface area contributed by atoms with Gasteiger partial charge in [0.2, 0.25) is 10.0 Å². The molecule has 0 aromatic heterocycles. The number of carboxylic acid groups (broad SMARTS) is 1. The van der Waals surface area contributed by atoms with E-state index in [0.717, 1.165) is 19.1 Å². The first-order valence-electron chi connectivity index (χ1n) is 4.72. The summed E-state index contributed by atoms with van der Waals surface area (Å²) in [4.78, 5) is 10.6. The molecule has 1 rings (SSSR count). The van der Waals surface area contributed by atoms with Crippen LogP contribution in [0.4, 0.5) is 10.1 Å². The molecule has 6 nitrogen and oxygen atoms in total. The Bertz CT molecular complexity index is 621. The third-order valence-corrected chi connectivity index (χ3v) is 3.66. The van der Waals surface area contributed by atoms with Crippen molar-refractivity contribution in [1.82, 2.24) is 0 Å². The molecule has 0 spiro atoms. The SMILES string of the molecule is CC(C#N)S(=O)(=O)Nc1ccc(C(=O)O)cc1F. The average molecular weight is 272 g/mol. The monoisotopic (exact) mass is 272 g/mol. The number of halogens is 1. The summed E-state index contributed by atoms with van der Waals surface area (Å²) in [5.74, 6) is -2.35. The molecule has 0 fully saturated rings. The van der Waals surface area contributed by atoms with Gasteiger partial charge in [-0.2, -0.15) is 5.26 Å². The molecule has 0 saturated heterocycles. The second-order valence-electron chi connectivity index (χ2n) is 3.42. The number of hydrogen-bond donors (Lipinski definition) is 2. The maximum absolute atomic E-state index is 13.4. The number of rotatable bonds is 4. The standard InChI is InChI=1S/C10H9FN2O4S/c1-6(5-12)18(16,17)13-9-3-2-7(10(14)15)4-8(9)11/h2-4,6,13H,1H3,(H,14,15). The lowest BCUT2D eigenvalue weighted by atomic mass is 10.2. The molecule has 8 heteroatoms. The van der Waals surface area contributed by atoms with E-state index in [1.54, 1.807) is 0 Å². The second kappa shape index (κ2) is 5.01. The number of nitriles is 1. The van der Waals surface area contributed by atoms with Crippen molar-refractivity contribution in [3.05, 3.63) is 29.6 Å². The summed E-state index contributed by atoms with van der Waals surface area (Å²) in [6.07, 6.45) is 0. The van der Waals surface area contributed by atoms with Gasteiger partial charge >= 0.3 is 5.97 Å². The summed E-state index contributed by atoms with van der Waals surface area (Å²) in [6, 6.07) is 4.24. The number of hydrogen-bond acceptors (Lipinski definition) is 4. The largest absolute Gasteiger partial charge is 0.478 e. The van der Waals surface area contributed by atoms with Gasteiger partial charge in [-0.05, 0) is 25.1 Å². The Hall–Kier alpha value is -2.14. The molecule has 96 valence electrons. The van der Waals surface area contributed by atoms with Gasteiger partial charge in [-0.15, -0.1) is 0 Å². The van der Waals surface area contributed by atoms with Crippen molar-refractivity contribution in [2.75, 3.05) is 4.72 Å². The van der Waals surface area contributed by atoms with Crippen LogP contribution in [0.3, 0.4) is 0 Å². The first-order valence-corrected chi connectivity index (χ1v) is 6.26. The molecule has 2 N–H and O–H groups in total. The van der Waals surface area contributed by atoms with E-state index in [1.807, 2.05) is 4.72 Å². The maximum Gasteiger partial charge on any atom is 0.335 e. The van der Waals surface area contributed by atoms with Crippen LogP contribution in [0, 0.1) is 17.1 Å². The van der Waals surface area contributed by atoms with Crippen molar-refractivity contribution in [2.24, 2.45) is 0 Å². The predicted molar refractivity (Wildman–Crippen MR) is 61.0 cm³/mol. The highest BCUT2D eigenvalue weighted by Crippen LogP contribution is 2.18. The van der Waals surface area contributed by atoms with E-state index < -0.39 is 32.7 Å². The molecule has 0 aliphatic carbocycles. The minimum absolute atomic E-state index is 0.302. The number of carboxylic acids is 1. The molecule has 0 aliphatic rings. The fourth-order valence-electron chi connectivity index (χ4n) is 1.04. The van der Waals surface area contributed by atoms with E-state index in [-0.39, 0.29) is 5.56 Å². The van der Waals surface area contributed by atoms with Gasteiger partial charge in [-0.1, -0.05) is 0 Å². The zero-order valence-electron chi connectivity index (χ0n) is 9.21. The summed E-state index contributed by atoms with van der Waals surface area (Å²) in [7, 11) is -4.02. The van der Waals surface area contributed by atoms with Crippen LogP contribution < -0.4 is 4.72 Å². The molecule has 1 aromatic carbocycles. The Kier molecular flexibility index (Phi) is 3.88. The second-order valence-corrected chi connectivity index (χ2v) is 5.42. The smallest absolute Gasteiger partial charge is 0.335 e. The van der Waals surface area contributed by atoms with Crippen LogP contribution >= 0.6 is 0 Å². The van der Waals surface area contributed by atoms with Crippen molar-refractivity contribution in [3.63, 3.8) is 0 Å². The Balaban J connectivity index is 3.08. The summed E-state index contributed by atoms with van der Waals surface area (Å²) in [5, 5.41) is 15.8. The van der Waals surface area contributed by atoms with Gasteiger partial charge < -0.3 is 5.11 Å². The van der Waals surface area contributed by atoms with Crippen molar-refractivity contribution >= 4 is 21.7 Å². The molecular weight excluding hydrogens is 263 g/mol. The van der Waals surface area contributed by atoms with Crippen LogP contribution in [0.2, 0.25) is 0 Å². The molecule has 0 radical (unpaired) electrons. The number of anilines is 1. The van der Waals surface area contributed by atoms with Gasteiger partial charge in [0.25, 0.3) is 0 Å². The highest BCUT2D eigenvalue weighted by molar-refractivity contribution is 7.93. The third kappa shape index (κ3) is 2.95. The van der Waals surface area contributed by atoms with Gasteiger partial charge in [-0.3, -0.25) is 4.72 Å². The molecule has 1 unspecified atom stereocenters. The molecular formula is C10H9FN2O4S. The molecule has 0 aliphatic heterocycles. The van der Waals surface area contributed by atoms with Crippen molar-refractivity contribution < 1.29 is 22.7 Å². The maximum atomic E-state index is 13.4. The summed E-state index contributed by atoms with van der Waals surface area (Å²) in [6.45, 7) is 1.14. The lowest BCUT2D eigenvalue weighted by Gasteiger charge is -2.10. The van der Waals surface area contributed by atoms with Gasteiger partial charge in [0.05, 0.1) is 17.3 Å². The van der Waals surface area contributed by atoms with E-state index >= 15 is 0 Å². The highest BCUT2D eigenvalue weighted by Gasteiger charge is 2.21. The Labute approximate surface area is 103 Å². The van der Waals surface area contributed by atoms with Crippen molar-refractivity contribution in [1.29, 1.82) is 5.26 Å². The number of nitrogens with one attached hydrogen (secondary N) is 1. The molecule has 18 heavy (non-hydrogen) atoms. The molecule has 0 saturated carbocycles. The van der Waals surface area contributed by atoms with Crippen LogP contribution in [0.5, 0.6) is 0 Å². The van der Waals surface area contributed by atoms with E-state index in [9.17, 15) is 17.6 Å². The lowest BCUT2D eigenvalue weighted by molar-refractivity contribution is 0.0696. The summed E-state index contributed by atoms with van der Waals surface area (Å²) in [5.41, 5.74) is -0.703. The quantitative estimate of drug-likeness (QED) is 0.855. The van der Waals surface area contributed by atoms with Gasteiger partial charge in [-0.25, -0.2) is 17.6 Å². The predicted octanol–water partition coefficient (Wildman–Crippen LogP) is 1.18. The number of carbonyl (C=O) groups is 1. The average Bonchev–Trinajstić information content (AvgIpc) is 2.30.